The Kier molecular flexibility index (Phi) is 6.49. The number of amides is 2. The summed E-state index contributed by atoms with van der Waals surface area (Å²) in [6.45, 7) is 2.54. The number of para-hydroxylation sites is 1. The van der Waals surface area contributed by atoms with Crippen molar-refractivity contribution in [3.05, 3.63) is 88.5 Å². The molecule has 0 saturated carbocycles. The van der Waals surface area contributed by atoms with Crippen LogP contribution in [0.25, 0.3) is 0 Å². The molecule has 2 amide bonds. The molecular weight excluding hydrogens is 478 g/mol. The number of ether oxygens (including phenoxy) is 2. The summed E-state index contributed by atoms with van der Waals surface area (Å²) < 4.78 is 11.3. The Labute approximate surface area is 213 Å². The SMILES string of the molecule is CCCOc1ccc([C@H]2[C@@H]3C(=O)N(c4ccc([N+](=O)[O-])cc4)C(=O)[C@H]3ON2c2ccccc2)cc1OC. The van der Waals surface area contributed by atoms with Crippen LogP contribution in [-0.2, 0) is 14.4 Å². The number of rotatable bonds is 8. The van der Waals surface area contributed by atoms with Gasteiger partial charge in [0.25, 0.3) is 11.6 Å². The number of benzene rings is 3. The number of nitrogens with zero attached hydrogens (tertiary/aromatic N) is 3. The van der Waals surface area contributed by atoms with Crippen molar-refractivity contribution in [1.29, 1.82) is 0 Å². The van der Waals surface area contributed by atoms with Crippen molar-refractivity contribution in [1.82, 2.24) is 0 Å². The van der Waals surface area contributed by atoms with Crippen LogP contribution in [0.4, 0.5) is 17.1 Å². The molecule has 2 fully saturated rings. The molecule has 2 saturated heterocycles. The van der Waals surface area contributed by atoms with Crippen LogP contribution in [0.2, 0.25) is 0 Å². The summed E-state index contributed by atoms with van der Waals surface area (Å²) in [6.07, 6.45) is -0.225. The van der Waals surface area contributed by atoms with E-state index in [1.807, 2.05) is 43.3 Å². The van der Waals surface area contributed by atoms with E-state index in [9.17, 15) is 19.7 Å². The Morgan fingerprint density at radius 1 is 0.946 bits per heavy atom. The second-order valence-electron chi connectivity index (χ2n) is 8.70. The van der Waals surface area contributed by atoms with Gasteiger partial charge >= 0.3 is 0 Å². The van der Waals surface area contributed by atoms with Gasteiger partial charge in [0.2, 0.25) is 5.91 Å². The van der Waals surface area contributed by atoms with Gasteiger partial charge in [0.05, 0.1) is 36.1 Å². The molecule has 0 radical (unpaired) electrons. The van der Waals surface area contributed by atoms with Gasteiger partial charge in [-0.2, -0.15) is 0 Å². The van der Waals surface area contributed by atoms with Gasteiger partial charge in [-0.15, -0.1) is 0 Å². The summed E-state index contributed by atoms with van der Waals surface area (Å²) >= 11 is 0. The van der Waals surface area contributed by atoms with Crippen molar-refractivity contribution in [2.24, 2.45) is 5.92 Å². The number of anilines is 2. The maximum absolute atomic E-state index is 13.7. The van der Waals surface area contributed by atoms with Crippen molar-refractivity contribution in [3.63, 3.8) is 0 Å². The first-order chi connectivity index (χ1) is 17.9. The van der Waals surface area contributed by atoms with Gasteiger partial charge in [0.1, 0.15) is 5.92 Å². The molecular formula is C27H25N3O7. The molecule has 0 N–H and O–H groups in total. The number of nitro groups is 1. The first-order valence-corrected chi connectivity index (χ1v) is 11.9. The third-order valence-corrected chi connectivity index (χ3v) is 6.44. The van der Waals surface area contributed by atoms with Gasteiger partial charge in [0.15, 0.2) is 17.6 Å². The van der Waals surface area contributed by atoms with E-state index in [-0.39, 0.29) is 11.4 Å². The van der Waals surface area contributed by atoms with Crippen molar-refractivity contribution < 1.29 is 28.8 Å². The third-order valence-electron chi connectivity index (χ3n) is 6.44. The number of methoxy groups -OCH3 is 1. The fourth-order valence-electron chi connectivity index (χ4n) is 4.73. The number of carbonyl (C=O) groups excluding carboxylic acids is 2. The highest BCUT2D eigenvalue weighted by Gasteiger charge is 2.60. The molecule has 2 heterocycles. The summed E-state index contributed by atoms with van der Waals surface area (Å²) in [5.74, 6) is -0.739. The fourth-order valence-corrected chi connectivity index (χ4v) is 4.73. The lowest BCUT2D eigenvalue weighted by atomic mass is 9.90. The van der Waals surface area contributed by atoms with E-state index in [1.165, 1.54) is 24.3 Å². The lowest BCUT2D eigenvalue weighted by Crippen LogP contribution is -2.37. The van der Waals surface area contributed by atoms with Crippen LogP contribution in [-0.4, -0.2) is 36.6 Å². The van der Waals surface area contributed by atoms with Gasteiger partial charge in [-0.25, -0.2) is 9.96 Å². The molecule has 10 heteroatoms. The van der Waals surface area contributed by atoms with Crippen molar-refractivity contribution >= 4 is 28.9 Å². The highest BCUT2D eigenvalue weighted by Crippen LogP contribution is 2.48. The minimum absolute atomic E-state index is 0.134. The van der Waals surface area contributed by atoms with Gasteiger partial charge in [-0.3, -0.25) is 24.5 Å². The molecule has 0 unspecified atom stereocenters. The van der Waals surface area contributed by atoms with Crippen molar-refractivity contribution in [2.75, 3.05) is 23.7 Å². The molecule has 3 atom stereocenters. The minimum atomic E-state index is -1.06. The standard InChI is InChI=1S/C27H25N3O7/c1-3-15-36-21-14-9-17(16-22(21)35-2)24-23-25(37-29(24)19-7-5-4-6-8-19)27(32)28(26(23)31)18-10-12-20(13-11-18)30(33)34/h4-14,16,23-25H,3,15H2,1-2H3/t23-,24-,25-/m0/s1. The van der Waals surface area contributed by atoms with E-state index in [4.69, 9.17) is 14.3 Å². The predicted octanol–water partition coefficient (Wildman–Crippen LogP) is 4.44. The number of carbonyl (C=O) groups is 2. The molecule has 2 aliphatic rings. The molecule has 0 bridgehead atoms. The number of hydroxylamine groups is 1. The predicted molar refractivity (Wildman–Crippen MR) is 134 cm³/mol. The summed E-state index contributed by atoms with van der Waals surface area (Å²) in [4.78, 5) is 44.9. The topological polar surface area (TPSA) is 111 Å². The number of non-ortho nitro benzene ring substituents is 1. The normalized spacial score (nSPS) is 20.8. The number of imide groups is 1. The van der Waals surface area contributed by atoms with Crippen LogP contribution in [0.3, 0.4) is 0 Å². The van der Waals surface area contributed by atoms with E-state index in [0.29, 0.717) is 29.4 Å². The molecule has 0 aromatic heterocycles. The van der Waals surface area contributed by atoms with Crippen molar-refractivity contribution in [2.45, 2.75) is 25.5 Å². The zero-order valence-corrected chi connectivity index (χ0v) is 20.3. The van der Waals surface area contributed by atoms with E-state index >= 15 is 0 Å². The van der Waals surface area contributed by atoms with Gasteiger partial charge in [-0.05, 0) is 48.4 Å². The maximum Gasteiger partial charge on any atom is 0.269 e. The van der Waals surface area contributed by atoms with E-state index in [1.54, 1.807) is 24.3 Å². The van der Waals surface area contributed by atoms with Crippen molar-refractivity contribution in [3.8, 4) is 11.5 Å². The van der Waals surface area contributed by atoms with Gasteiger partial charge in [-0.1, -0.05) is 31.2 Å². The van der Waals surface area contributed by atoms with Crippen LogP contribution in [0, 0.1) is 16.0 Å². The van der Waals surface area contributed by atoms with Crippen LogP contribution >= 0.6 is 0 Å². The Hall–Kier alpha value is -4.44. The summed E-state index contributed by atoms with van der Waals surface area (Å²) in [5, 5.41) is 12.6. The van der Waals surface area contributed by atoms with E-state index < -0.39 is 34.8 Å². The molecule has 0 spiro atoms. The second kappa shape index (κ2) is 9.90. The van der Waals surface area contributed by atoms with Gasteiger partial charge < -0.3 is 9.47 Å². The molecule has 2 aliphatic heterocycles. The number of hydrogen-bond donors (Lipinski definition) is 0. The fraction of sp³-hybridized carbons (Fsp3) is 0.259. The number of nitro benzene ring substituents is 1. The Morgan fingerprint density at radius 3 is 2.32 bits per heavy atom. The molecule has 190 valence electrons. The summed E-state index contributed by atoms with van der Waals surface area (Å²) in [7, 11) is 1.54. The highest BCUT2D eigenvalue weighted by atomic mass is 16.7. The lowest BCUT2D eigenvalue weighted by Gasteiger charge is -2.29. The Balaban J connectivity index is 1.55. The molecule has 3 aromatic carbocycles. The monoisotopic (exact) mass is 503 g/mol. The average Bonchev–Trinajstić information content (AvgIpc) is 3.43. The van der Waals surface area contributed by atoms with E-state index in [0.717, 1.165) is 11.3 Å². The minimum Gasteiger partial charge on any atom is -0.493 e. The summed E-state index contributed by atoms with van der Waals surface area (Å²) in [6, 6.07) is 19.3. The molecule has 10 nitrogen and oxygen atoms in total. The van der Waals surface area contributed by atoms with Gasteiger partial charge in [0, 0.05) is 12.1 Å². The molecule has 3 aromatic rings. The largest absolute Gasteiger partial charge is 0.493 e. The van der Waals surface area contributed by atoms with Crippen LogP contribution in [0.1, 0.15) is 24.9 Å². The first-order valence-electron chi connectivity index (χ1n) is 11.9. The zero-order chi connectivity index (χ0) is 26.1. The van der Waals surface area contributed by atoms with Crippen LogP contribution in [0.5, 0.6) is 11.5 Å². The highest BCUT2D eigenvalue weighted by molar-refractivity contribution is 6.24. The Bertz CT molecular complexity index is 1330. The molecule has 5 rings (SSSR count). The maximum atomic E-state index is 13.7. The first kappa shape index (κ1) is 24.3. The lowest BCUT2D eigenvalue weighted by molar-refractivity contribution is -0.384. The second-order valence-corrected chi connectivity index (χ2v) is 8.70. The van der Waals surface area contributed by atoms with Crippen LogP contribution < -0.4 is 19.4 Å². The molecule has 0 aliphatic carbocycles. The number of fused-ring (bicyclic) bond motifs is 1. The summed E-state index contributed by atoms with van der Waals surface area (Å²) in [5.41, 5.74) is 1.52. The Morgan fingerprint density at radius 2 is 1.68 bits per heavy atom. The quantitative estimate of drug-likeness (QED) is 0.252. The third kappa shape index (κ3) is 4.25. The smallest absolute Gasteiger partial charge is 0.269 e. The number of hydrogen-bond acceptors (Lipinski definition) is 8. The van der Waals surface area contributed by atoms with E-state index in [2.05, 4.69) is 0 Å². The molecule has 37 heavy (non-hydrogen) atoms. The average molecular weight is 504 g/mol. The zero-order valence-electron chi connectivity index (χ0n) is 20.3. The van der Waals surface area contributed by atoms with Crippen LogP contribution in [0.15, 0.2) is 72.8 Å².